The Balaban J connectivity index is 1.17. The average Bonchev–Trinajstić information content (AvgIpc) is 3.85. The molecule has 1 aliphatic rings. The first-order valence-electron chi connectivity index (χ1n) is 13.9. The maximum absolute atomic E-state index is 15.2. The number of nitrogens with one attached hydrogen (secondary N) is 2. The number of fused-ring (bicyclic) bond motifs is 1. The first-order valence-corrected chi connectivity index (χ1v) is 13.9. The molecule has 5 aromatic rings. The summed E-state index contributed by atoms with van der Waals surface area (Å²) in [4.78, 5) is 42.2. The zero-order valence-electron chi connectivity index (χ0n) is 23.6. The summed E-state index contributed by atoms with van der Waals surface area (Å²) in [6, 6.07) is 22.6. The molecule has 1 fully saturated rings. The lowest BCUT2D eigenvalue weighted by atomic mass is 10.0. The molecule has 1 aromatic heterocycles. The van der Waals surface area contributed by atoms with Gasteiger partial charge >= 0.3 is 5.97 Å². The van der Waals surface area contributed by atoms with E-state index in [-0.39, 0.29) is 35.1 Å². The molecule has 11 heteroatoms. The Morgan fingerprint density at radius 1 is 0.800 bits per heavy atom. The minimum atomic E-state index is -1.32. The van der Waals surface area contributed by atoms with Crippen LogP contribution < -0.4 is 20.1 Å². The van der Waals surface area contributed by atoms with Crippen molar-refractivity contribution in [3.05, 3.63) is 120 Å². The molecule has 0 atom stereocenters. The van der Waals surface area contributed by atoms with E-state index in [1.807, 2.05) is 30.3 Å². The van der Waals surface area contributed by atoms with E-state index in [1.54, 1.807) is 0 Å². The highest BCUT2D eigenvalue weighted by Crippen LogP contribution is 2.47. The molecule has 1 saturated carbocycles. The van der Waals surface area contributed by atoms with E-state index < -0.39 is 34.8 Å². The van der Waals surface area contributed by atoms with Gasteiger partial charge < -0.3 is 25.2 Å². The molecule has 0 spiro atoms. The average molecular weight is 610 g/mol. The van der Waals surface area contributed by atoms with Crippen LogP contribution in [-0.2, 0) is 16.2 Å². The number of nitrogens with zero attached hydrogens (tertiary/aromatic N) is 1. The molecule has 0 aliphatic heterocycles. The van der Waals surface area contributed by atoms with Gasteiger partial charge in [0.15, 0.2) is 11.6 Å². The van der Waals surface area contributed by atoms with Gasteiger partial charge in [0.1, 0.15) is 34.9 Å². The molecule has 9 nitrogen and oxygen atoms in total. The third kappa shape index (κ3) is 6.28. The number of hydrogen-bond acceptors (Lipinski definition) is 6. The second-order valence-electron chi connectivity index (χ2n) is 10.5. The molecule has 2 amide bonds. The van der Waals surface area contributed by atoms with Crippen molar-refractivity contribution in [3.8, 4) is 17.2 Å². The van der Waals surface area contributed by atoms with Crippen LogP contribution in [0, 0.1) is 17.0 Å². The lowest BCUT2D eigenvalue weighted by Gasteiger charge is -2.16. The van der Waals surface area contributed by atoms with E-state index in [0.717, 1.165) is 11.6 Å². The summed E-state index contributed by atoms with van der Waals surface area (Å²) in [6.07, 6.45) is 2.06. The van der Waals surface area contributed by atoms with Crippen molar-refractivity contribution in [2.24, 2.45) is 5.41 Å². The Labute approximate surface area is 255 Å². The fraction of sp³-hybridized carbons (Fsp3) is 0.118. The van der Waals surface area contributed by atoms with E-state index in [2.05, 4.69) is 15.6 Å². The van der Waals surface area contributed by atoms with Crippen molar-refractivity contribution in [1.82, 2.24) is 4.98 Å². The summed E-state index contributed by atoms with van der Waals surface area (Å²) in [5.41, 5.74) is 0.253. The van der Waals surface area contributed by atoms with Crippen LogP contribution in [-0.4, -0.2) is 27.9 Å². The first-order chi connectivity index (χ1) is 21.7. The van der Waals surface area contributed by atoms with Gasteiger partial charge in [0.2, 0.25) is 11.8 Å². The third-order valence-corrected chi connectivity index (χ3v) is 7.40. The number of carbonyl (C=O) groups is 3. The third-order valence-electron chi connectivity index (χ3n) is 7.40. The predicted octanol–water partition coefficient (Wildman–Crippen LogP) is 6.94. The van der Waals surface area contributed by atoms with Crippen LogP contribution in [0.5, 0.6) is 17.2 Å². The number of amides is 2. The molecular weight excluding hydrogens is 584 g/mol. The van der Waals surface area contributed by atoms with Crippen molar-refractivity contribution in [2.75, 3.05) is 10.6 Å². The number of benzene rings is 4. The Bertz CT molecular complexity index is 1930. The van der Waals surface area contributed by atoms with Crippen molar-refractivity contribution in [1.29, 1.82) is 0 Å². The summed E-state index contributed by atoms with van der Waals surface area (Å²) in [5.74, 6) is -3.52. The number of rotatable bonds is 10. The van der Waals surface area contributed by atoms with Crippen molar-refractivity contribution < 1.29 is 37.7 Å². The summed E-state index contributed by atoms with van der Waals surface area (Å²) >= 11 is 0. The largest absolute Gasteiger partial charge is 0.488 e. The molecule has 226 valence electrons. The van der Waals surface area contributed by atoms with Crippen LogP contribution in [0.25, 0.3) is 10.9 Å². The second kappa shape index (κ2) is 12.0. The molecule has 1 aliphatic carbocycles. The van der Waals surface area contributed by atoms with Gasteiger partial charge in [-0.1, -0.05) is 30.3 Å². The van der Waals surface area contributed by atoms with Crippen molar-refractivity contribution in [2.45, 2.75) is 19.4 Å². The second-order valence-corrected chi connectivity index (χ2v) is 10.5. The normalized spacial score (nSPS) is 13.1. The number of carboxylic acids is 1. The summed E-state index contributed by atoms with van der Waals surface area (Å²) < 4.78 is 40.0. The van der Waals surface area contributed by atoms with Crippen molar-refractivity contribution >= 4 is 40.1 Å². The van der Waals surface area contributed by atoms with E-state index in [4.69, 9.17) is 9.47 Å². The fourth-order valence-electron chi connectivity index (χ4n) is 4.76. The number of hydrogen-bond donors (Lipinski definition) is 3. The number of aromatic carboxylic acids is 1. The van der Waals surface area contributed by atoms with Crippen LogP contribution in [0.1, 0.15) is 28.8 Å². The maximum Gasteiger partial charge on any atom is 0.339 e. The predicted molar refractivity (Wildman–Crippen MR) is 161 cm³/mol. The highest BCUT2D eigenvalue weighted by atomic mass is 19.1. The molecule has 6 rings (SSSR count). The lowest BCUT2D eigenvalue weighted by Crippen LogP contribution is -2.35. The summed E-state index contributed by atoms with van der Waals surface area (Å²) in [5, 5.41) is 15.4. The van der Waals surface area contributed by atoms with Crippen LogP contribution in [0.3, 0.4) is 0 Å². The van der Waals surface area contributed by atoms with Crippen LogP contribution in [0.4, 0.5) is 20.2 Å². The van der Waals surface area contributed by atoms with Gasteiger partial charge in [-0.05, 0) is 66.9 Å². The topological polar surface area (TPSA) is 127 Å². The zero-order valence-corrected chi connectivity index (χ0v) is 23.6. The smallest absolute Gasteiger partial charge is 0.339 e. The molecule has 3 N–H and O–H groups in total. The van der Waals surface area contributed by atoms with Gasteiger partial charge in [-0.2, -0.15) is 0 Å². The van der Waals surface area contributed by atoms with E-state index in [9.17, 15) is 23.9 Å². The minimum absolute atomic E-state index is 0.110. The maximum atomic E-state index is 15.2. The van der Waals surface area contributed by atoms with Crippen LogP contribution >= 0.6 is 0 Å². The SMILES string of the molecule is O=C(O)c1cc2c(Oc3ccc(NC(=O)C4(C(=O)Nc5ccc(F)cc5)CC4)cc3F)ccnc2cc1OCc1ccccc1. The number of carboxylic acid groups (broad SMARTS) is 1. The van der Waals surface area contributed by atoms with Gasteiger partial charge in [-0.3, -0.25) is 14.6 Å². The number of carbonyl (C=O) groups excluding carboxylic acids is 2. The van der Waals surface area contributed by atoms with Crippen LogP contribution in [0.15, 0.2) is 97.2 Å². The summed E-state index contributed by atoms with van der Waals surface area (Å²) in [7, 11) is 0. The number of pyridine rings is 1. The molecule has 45 heavy (non-hydrogen) atoms. The van der Waals surface area contributed by atoms with E-state index in [0.29, 0.717) is 29.4 Å². The quantitative estimate of drug-likeness (QED) is 0.146. The lowest BCUT2D eigenvalue weighted by molar-refractivity contribution is -0.131. The van der Waals surface area contributed by atoms with Crippen LogP contribution in [0.2, 0.25) is 0 Å². The van der Waals surface area contributed by atoms with Gasteiger partial charge in [0.25, 0.3) is 0 Å². The number of aromatic nitrogens is 1. The minimum Gasteiger partial charge on any atom is -0.488 e. The van der Waals surface area contributed by atoms with Crippen molar-refractivity contribution in [3.63, 3.8) is 0 Å². The van der Waals surface area contributed by atoms with Gasteiger partial charge in [0, 0.05) is 35.1 Å². The standard InChI is InChI=1S/C34H25F2N3O6/c35-21-6-8-22(9-7-21)38-32(42)34(13-14-34)33(43)39-23-10-11-29(26(36)16-23)45-28-12-15-37-27-18-30(25(31(40)41)17-24(27)28)44-19-20-4-2-1-3-5-20/h1-12,15-18H,13-14,19H2,(H,38,42)(H,39,43)(H,40,41). The van der Waals surface area contributed by atoms with Gasteiger partial charge in [-0.15, -0.1) is 0 Å². The number of ether oxygens (including phenoxy) is 2. The molecule has 0 saturated heterocycles. The Kier molecular flexibility index (Phi) is 7.82. The molecule has 0 radical (unpaired) electrons. The number of halogens is 2. The molecule has 1 heterocycles. The molecule has 4 aromatic carbocycles. The Morgan fingerprint density at radius 2 is 1.49 bits per heavy atom. The summed E-state index contributed by atoms with van der Waals surface area (Å²) in [6.45, 7) is 0.150. The zero-order chi connectivity index (χ0) is 31.6. The first kappa shape index (κ1) is 29.2. The molecule has 0 unspecified atom stereocenters. The van der Waals surface area contributed by atoms with Gasteiger partial charge in [-0.25, -0.2) is 13.6 Å². The monoisotopic (exact) mass is 609 g/mol. The number of anilines is 2. The van der Waals surface area contributed by atoms with E-state index >= 15 is 4.39 Å². The Morgan fingerprint density at radius 3 is 2.16 bits per heavy atom. The highest BCUT2D eigenvalue weighted by Gasteiger charge is 2.56. The van der Waals surface area contributed by atoms with Gasteiger partial charge in [0.05, 0.1) is 5.52 Å². The molecule has 0 bridgehead atoms. The molecular formula is C34H25F2N3O6. The Hall–Kier alpha value is -5.84. The van der Waals surface area contributed by atoms with E-state index in [1.165, 1.54) is 60.8 Å². The fourth-order valence-corrected chi connectivity index (χ4v) is 4.76. The highest BCUT2D eigenvalue weighted by molar-refractivity contribution is 6.17.